The van der Waals surface area contributed by atoms with E-state index >= 15 is 0 Å². The highest BCUT2D eigenvalue weighted by molar-refractivity contribution is 5.95. The molecule has 0 spiro atoms. The van der Waals surface area contributed by atoms with Gasteiger partial charge in [-0.05, 0) is 36.8 Å². The number of carbonyl (C=O) groups excluding carboxylic acids is 1. The van der Waals surface area contributed by atoms with Gasteiger partial charge in [0.05, 0.1) is 11.8 Å². The fourth-order valence-electron chi connectivity index (χ4n) is 3.27. The number of hydrogen-bond acceptors (Lipinski definition) is 3. The monoisotopic (exact) mass is 272 g/mol. The number of rotatable bonds is 3. The van der Waals surface area contributed by atoms with Gasteiger partial charge in [0.15, 0.2) is 0 Å². The number of hydrogen-bond donors (Lipinski definition) is 2. The number of aryl methyl sites for hydroxylation is 1. The molecule has 1 fully saturated rings. The number of fused-ring (bicyclic) bond motifs is 2. The van der Waals surface area contributed by atoms with Crippen LogP contribution in [0.3, 0.4) is 0 Å². The molecule has 5 heteroatoms. The number of carboxylic acid groups (broad SMARTS) is 1. The second kappa shape index (κ2) is 4.74. The topological polar surface area (TPSA) is 79.3 Å². The maximum absolute atomic E-state index is 12.4. The number of anilines is 1. The van der Waals surface area contributed by atoms with Crippen molar-refractivity contribution in [2.24, 2.45) is 23.7 Å². The molecule has 1 heterocycles. The number of amides is 1. The summed E-state index contributed by atoms with van der Waals surface area (Å²) < 4.78 is 0. The summed E-state index contributed by atoms with van der Waals surface area (Å²) in [5, 5.41) is 12.1. The van der Waals surface area contributed by atoms with Crippen LogP contribution in [-0.2, 0) is 9.59 Å². The highest BCUT2D eigenvalue weighted by atomic mass is 16.4. The number of allylic oxidation sites excluding steroid dienone is 2. The molecule has 3 rings (SSSR count). The van der Waals surface area contributed by atoms with Crippen LogP contribution in [0.1, 0.15) is 12.0 Å². The maximum Gasteiger partial charge on any atom is 0.307 e. The van der Waals surface area contributed by atoms with E-state index in [1.807, 2.05) is 25.1 Å². The molecule has 2 N–H and O–H groups in total. The van der Waals surface area contributed by atoms with Crippen molar-refractivity contribution in [1.29, 1.82) is 0 Å². The molecule has 104 valence electrons. The zero-order valence-electron chi connectivity index (χ0n) is 11.1. The van der Waals surface area contributed by atoms with Crippen LogP contribution in [0.15, 0.2) is 30.5 Å². The summed E-state index contributed by atoms with van der Waals surface area (Å²) in [6.07, 6.45) is 6.33. The van der Waals surface area contributed by atoms with E-state index in [1.165, 1.54) is 0 Å². The van der Waals surface area contributed by atoms with Gasteiger partial charge in [0.2, 0.25) is 5.91 Å². The summed E-state index contributed by atoms with van der Waals surface area (Å²) >= 11 is 0. The molecule has 1 amide bonds. The van der Waals surface area contributed by atoms with Crippen LogP contribution >= 0.6 is 0 Å². The Morgan fingerprint density at radius 2 is 1.95 bits per heavy atom. The quantitative estimate of drug-likeness (QED) is 0.823. The number of carbonyl (C=O) groups is 2. The van der Waals surface area contributed by atoms with Gasteiger partial charge in [-0.25, -0.2) is 4.98 Å². The summed E-state index contributed by atoms with van der Waals surface area (Å²) in [7, 11) is 0. The zero-order valence-corrected chi connectivity index (χ0v) is 11.1. The summed E-state index contributed by atoms with van der Waals surface area (Å²) in [6.45, 7) is 1.92. The van der Waals surface area contributed by atoms with E-state index in [9.17, 15) is 14.7 Å². The molecule has 0 saturated heterocycles. The molecule has 1 aromatic rings. The van der Waals surface area contributed by atoms with Crippen LogP contribution in [0.4, 0.5) is 5.82 Å². The highest BCUT2D eigenvalue weighted by Gasteiger charge is 2.51. The van der Waals surface area contributed by atoms with Crippen molar-refractivity contribution in [2.45, 2.75) is 13.3 Å². The standard InChI is InChI=1S/C15H16N2O3/c1-8-2-5-11(16-7-8)17-14(18)12-9-3-4-10(6-9)13(12)15(19)20/h2-5,7,9-10,12-13H,6H2,1H3,(H,19,20)(H,16,17,18)/t9-,10+,12+,13+/m1/s1. The maximum atomic E-state index is 12.4. The first kappa shape index (κ1) is 12.8. The van der Waals surface area contributed by atoms with Crippen molar-refractivity contribution in [3.8, 4) is 0 Å². The predicted octanol–water partition coefficient (Wildman–Crippen LogP) is 1.85. The third-order valence-electron chi connectivity index (χ3n) is 4.21. The third kappa shape index (κ3) is 2.09. The minimum atomic E-state index is -0.890. The molecule has 1 aromatic heterocycles. The van der Waals surface area contributed by atoms with Crippen LogP contribution < -0.4 is 5.32 Å². The fraction of sp³-hybridized carbons (Fsp3) is 0.400. The molecule has 0 radical (unpaired) electrons. The van der Waals surface area contributed by atoms with Gasteiger partial charge in [-0.1, -0.05) is 18.2 Å². The third-order valence-corrected chi connectivity index (χ3v) is 4.21. The summed E-state index contributed by atoms with van der Waals surface area (Å²) in [5.41, 5.74) is 1.01. The number of nitrogens with zero attached hydrogens (tertiary/aromatic N) is 1. The lowest BCUT2D eigenvalue weighted by Crippen LogP contribution is -2.36. The smallest absolute Gasteiger partial charge is 0.307 e. The molecule has 0 aromatic carbocycles. The number of carboxylic acids is 1. The molecule has 4 atom stereocenters. The van der Waals surface area contributed by atoms with Gasteiger partial charge in [-0.15, -0.1) is 0 Å². The Hall–Kier alpha value is -2.17. The lowest BCUT2D eigenvalue weighted by Gasteiger charge is -2.23. The van der Waals surface area contributed by atoms with Crippen molar-refractivity contribution in [2.75, 3.05) is 5.32 Å². The largest absolute Gasteiger partial charge is 0.481 e. The predicted molar refractivity (Wildman–Crippen MR) is 73.0 cm³/mol. The Morgan fingerprint density at radius 1 is 1.25 bits per heavy atom. The minimum Gasteiger partial charge on any atom is -0.481 e. The average molecular weight is 272 g/mol. The molecular weight excluding hydrogens is 256 g/mol. The first-order valence-corrected chi connectivity index (χ1v) is 6.71. The summed E-state index contributed by atoms with van der Waals surface area (Å²) in [5.74, 6) is -1.76. The number of aromatic nitrogens is 1. The van der Waals surface area contributed by atoms with E-state index in [2.05, 4.69) is 10.3 Å². The SMILES string of the molecule is Cc1ccc(NC(=O)[C@@H]2[C@@H](C(=O)O)[C@H]3C=C[C@@H]2C3)nc1. The van der Waals surface area contributed by atoms with Crippen molar-refractivity contribution >= 4 is 17.7 Å². The highest BCUT2D eigenvalue weighted by Crippen LogP contribution is 2.48. The molecule has 1 saturated carbocycles. The van der Waals surface area contributed by atoms with Crippen LogP contribution in [0.25, 0.3) is 0 Å². The van der Waals surface area contributed by atoms with Crippen LogP contribution in [-0.4, -0.2) is 22.0 Å². The van der Waals surface area contributed by atoms with Gasteiger partial charge >= 0.3 is 5.97 Å². The van der Waals surface area contributed by atoms with Crippen LogP contribution in [0.2, 0.25) is 0 Å². The average Bonchev–Trinajstić information content (AvgIpc) is 3.01. The van der Waals surface area contributed by atoms with Crippen LogP contribution in [0, 0.1) is 30.6 Å². The van der Waals surface area contributed by atoms with Gasteiger partial charge in [0.25, 0.3) is 0 Å². The van der Waals surface area contributed by atoms with E-state index in [1.54, 1.807) is 12.3 Å². The van der Waals surface area contributed by atoms with Crippen molar-refractivity contribution in [1.82, 2.24) is 4.98 Å². The molecule has 2 bridgehead atoms. The normalized spacial score (nSPS) is 30.4. The lowest BCUT2D eigenvalue weighted by molar-refractivity contribution is -0.146. The Kier molecular flexibility index (Phi) is 3.04. The minimum absolute atomic E-state index is 0.0146. The molecule has 5 nitrogen and oxygen atoms in total. The fourth-order valence-corrected chi connectivity index (χ4v) is 3.27. The Bertz CT molecular complexity index is 579. The Labute approximate surface area is 116 Å². The van der Waals surface area contributed by atoms with Gasteiger partial charge < -0.3 is 10.4 Å². The lowest BCUT2D eigenvalue weighted by atomic mass is 9.82. The van der Waals surface area contributed by atoms with Gasteiger partial charge in [-0.2, -0.15) is 0 Å². The first-order valence-electron chi connectivity index (χ1n) is 6.71. The van der Waals surface area contributed by atoms with E-state index in [4.69, 9.17) is 0 Å². The van der Waals surface area contributed by atoms with Crippen molar-refractivity contribution in [3.05, 3.63) is 36.0 Å². The molecule has 20 heavy (non-hydrogen) atoms. The first-order chi connectivity index (χ1) is 9.56. The number of aliphatic carboxylic acids is 1. The van der Waals surface area contributed by atoms with E-state index < -0.39 is 17.8 Å². The Balaban J connectivity index is 1.78. The summed E-state index contributed by atoms with van der Waals surface area (Å²) in [6, 6.07) is 3.59. The van der Waals surface area contributed by atoms with Crippen molar-refractivity contribution in [3.63, 3.8) is 0 Å². The molecule has 2 aliphatic carbocycles. The molecule has 0 aliphatic heterocycles. The second-order valence-electron chi connectivity index (χ2n) is 5.55. The van der Waals surface area contributed by atoms with Crippen LogP contribution in [0.5, 0.6) is 0 Å². The molecule has 0 unspecified atom stereocenters. The van der Waals surface area contributed by atoms with E-state index in [0.29, 0.717) is 5.82 Å². The van der Waals surface area contributed by atoms with Gasteiger partial charge in [-0.3, -0.25) is 9.59 Å². The number of nitrogens with one attached hydrogen (secondary N) is 1. The summed E-state index contributed by atoms with van der Waals surface area (Å²) in [4.78, 5) is 27.9. The van der Waals surface area contributed by atoms with Gasteiger partial charge in [0.1, 0.15) is 5.82 Å². The van der Waals surface area contributed by atoms with Crippen molar-refractivity contribution < 1.29 is 14.7 Å². The van der Waals surface area contributed by atoms with E-state index in [-0.39, 0.29) is 17.7 Å². The number of pyridine rings is 1. The van der Waals surface area contributed by atoms with E-state index in [0.717, 1.165) is 12.0 Å². The molecule has 2 aliphatic rings. The Morgan fingerprint density at radius 3 is 2.55 bits per heavy atom. The zero-order chi connectivity index (χ0) is 14.3. The van der Waals surface area contributed by atoms with Gasteiger partial charge in [0, 0.05) is 6.20 Å². The molecular formula is C15H16N2O3. The second-order valence-corrected chi connectivity index (χ2v) is 5.55.